The topological polar surface area (TPSA) is 46.5 Å². The van der Waals surface area contributed by atoms with Crippen LogP contribution in [0.25, 0.3) is 6.08 Å². The van der Waals surface area contributed by atoms with Gasteiger partial charge in [-0.2, -0.15) is 0 Å². The van der Waals surface area contributed by atoms with Crippen molar-refractivity contribution < 1.29 is 23.4 Å². The lowest BCUT2D eigenvalue weighted by molar-refractivity contribution is 0.104. The summed E-state index contributed by atoms with van der Waals surface area (Å²) >= 11 is 0. The quantitative estimate of drug-likeness (QED) is 0.691. The number of methoxy groups -OCH3 is 1. The largest absolute Gasteiger partial charge is 0.504 e. The van der Waals surface area contributed by atoms with E-state index in [1.165, 1.54) is 13.2 Å². The second-order valence-electron chi connectivity index (χ2n) is 4.25. The van der Waals surface area contributed by atoms with Gasteiger partial charge in [0.25, 0.3) is 0 Å². The maximum atomic E-state index is 13.2. The van der Waals surface area contributed by atoms with Crippen LogP contribution in [0.5, 0.6) is 11.5 Å². The Morgan fingerprint density at radius 3 is 2.48 bits per heavy atom. The number of hydrogen-bond acceptors (Lipinski definition) is 3. The number of phenolic OH excluding ortho intramolecular Hbond substituents is 1. The Kier molecular flexibility index (Phi) is 4.33. The van der Waals surface area contributed by atoms with Crippen molar-refractivity contribution in [1.82, 2.24) is 0 Å². The Labute approximate surface area is 120 Å². The third kappa shape index (κ3) is 3.45. The van der Waals surface area contributed by atoms with Crippen molar-refractivity contribution in [2.45, 2.75) is 0 Å². The van der Waals surface area contributed by atoms with Crippen LogP contribution < -0.4 is 4.74 Å². The van der Waals surface area contributed by atoms with Crippen molar-refractivity contribution in [1.29, 1.82) is 0 Å². The van der Waals surface area contributed by atoms with Gasteiger partial charge in [-0.15, -0.1) is 0 Å². The summed E-state index contributed by atoms with van der Waals surface area (Å²) in [5.74, 6) is -2.98. The molecule has 0 aliphatic rings. The molecule has 0 radical (unpaired) electrons. The summed E-state index contributed by atoms with van der Waals surface area (Å²) in [7, 11) is 1.54. The number of ketones is 1. The predicted molar refractivity (Wildman–Crippen MR) is 74.4 cm³/mol. The molecule has 0 aromatic heterocycles. The maximum Gasteiger partial charge on any atom is 0.189 e. The standard InChI is InChI=1S/C16H12F2O3/c1-21-12-5-2-10(3-6-12)4-7-15(19)13-8-11(17)9-14(18)16(13)20/h2-9,20H,1H3. The van der Waals surface area contributed by atoms with Crippen LogP contribution in [0.1, 0.15) is 15.9 Å². The molecular weight excluding hydrogens is 278 g/mol. The summed E-state index contributed by atoms with van der Waals surface area (Å²) in [5.41, 5.74) is 0.290. The van der Waals surface area contributed by atoms with Gasteiger partial charge in [0.1, 0.15) is 11.6 Å². The molecule has 0 saturated carbocycles. The van der Waals surface area contributed by atoms with Gasteiger partial charge in [0.05, 0.1) is 12.7 Å². The number of ether oxygens (including phenoxy) is 1. The lowest BCUT2D eigenvalue weighted by Crippen LogP contribution is -1.98. The Hall–Kier alpha value is -2.69. The van der Waals surface area contributed by atoms with Crippen LogP contribution in [0.4, 0.5) is 8.78 Å². The van der Waals surface area contributed by atoms with E-state index in [2.05, 4.69) is 0 Å². The second-order valence-corrected chi connectivity index (χ2v) is 4.25. The average Bonchev–Trinajstić information content (AvgIpc) is 2.49. The van der Waals surface area contributed by atoms with Gasteiger partial charge in [-0.3, -0.25) is 4.79 Å². The molecule has 2 aromatic rings. The zero-order chi connectivity index (χ0) is 15.4. The van der Waals surface area contributed by atoms with Gasteiger partial charge in [-0.25, -0.2) is 8.78 Å². The van der Waals surface area contributed by atoms with Crippen molar-refractivity contribution in [3.8, 4) is 11.5 Å². The fraction of sp³-hybridized carbons (Fsp3) is 0.0625. The predicted octanol–water partition coefficient (Wildman–Crippen LogP) is 3.58. The maximum absolute atomic E-state index is 13.2. The lowest BCUT2D eigenvalue weighted by atomic mass is 10.1. The molecule has 0 spiro atoms. The lowest BCUT2D eigenvalue weighted by Gasteiger charge is -2.02. The molecule has 0 aliphatic heterocycles. The summed E-state index contributed by atoms with van der Waals surface area (Å²) in [6.45, 7) is 0. The smallest absolute Gasteiger partial charge is 0.189 e. The molecule has 0 bridgehead atoms. The molecule has 0 amide bonds. The highest BCUT2D eigenvalue weighted by Crippen LogP contribution is 2.23. The van der Waals surface area contributed by atoms with Gasteiger partial charge in [0, 0.05) is 6.07 Å². The van der Waals surface area contributed by atoms with Crippen molar-refractivity contribution in [3.05, 3.63) is 65.2 Å². The van der Waals surface area contributed by atoms with Crippen molar-refractivity contribution in [2.24, 2.45) is 0 Å². The van der Waals surface area contributed by atoms with E-state index in [1.54, 1.807) is 24.3 Å². The first-order chi connectivity index (χ1) is 10.0. The van der Waals surface area contributed by atoms with E-state index in [9.17, 15) is 18.7 Å². The second kappa shape index (κ2) is 6.17. The number of phenols is 1. The SMILES string of the molecule is COc1ccc(C=CC(=O)c2cc(F)cc(F)c2O)cc1. The molecule has 108 valence electrons. The number of carbonyl (C=O) groups excluding carboxylic acids is 1. The van der Waals surface area contributed by atoms with Crippen molar-refractivity contribution in [3.63, 3.8) is 0 Å². The fourth-order valence-corrected chi connectivity index (χ4v) is 1.73. The van der Waals surface area contributed by atoms with Gasteiger partial charge in [0.15, 0.2) is 17.3 Å². The van der Waals surface area contributed by atoms with Crippen LogP contribution in [-0.4, -0.2) is 18.0 Å². The van der Waals surface area contributed by atoms with Gasteiger partial charge in [-0.1, -0.05) is 18.2 Å². The van der Waals surface area contributed by atoms with Crippen LogP contribution in [0, 0.1) is 11.6 Å². The zero-order valence-corrected chi connectivity index (χ0v) is 11.1. The number of hydrogen-bond donors (Lipinski definition) is 1. The average molecular weight is 290 g/mol. The molecule has 3 nitrogen and oxygen atoms in total. The number of carbonyl (C=O) groups is 1. The van der Waals surface area contributed by atoms with E-state index in [1.807, 2.05) is 0 Å². The molecule has 1 N–H and O–H groups in total. The van der Waals surface area contributed by atoms with Crippen molar-refractivity contribution in [2.75, 3.05) is 7.11 Å². The number of allylic oxidation sites excluding steroid dienone is 1. The number of rotatable bonds is 4. The molecule has 0 atom stereocenters. The molecule has 21 heavy (non-hydrogen) atoms. The molecular formula is C16H12F2O3. The van der Waals surface area contributed by atoms with E-state index in [0.29, 0.717) is 17.4 Å². The molecule has 0 fully saturated rings. The van der Waals surface area contributed by atoms with E-state index in [0.717, 1.165) is 12.1 Å². The Balaban J connectivity index is 2.22. The van der Waals surface area contributed by atoms with E-state index in [-0.39, 0.29) is 0 Å². The van der Waals surface area contributed by atoms with Crippen LogP contribution in [0.15, 0.2) is 42.5 Å². The third-order valence-electron chi connectivity index (χ3n) is 2.84. The van der Waals surface area contributed by atoms with Gasteiger partial charge in [0.2, 0.25) is 0 Å². The fourth-order valence-electron chi connectivity index (χ4n) is 1.73. The minimum atomic E-state index is -1.17. The first kappa shape index (κ1) is 14.7. The first-order valence-electron chi connectivity index (χ1n) is 6.05. The molecule has 0 saturated heterocycles. The van der Waals surface area contributed by atoms with Gasteiger partial charge >= 0.3 is 0 Å². The molecule has 0 heterocycles. The minimum Gasteiger partial charge on any atom is -0.504 e. The molecule has 5 heteroatoms. The van der Waals surface area contributed by atoms with Gasteiger partial charge < -0.3 is 9.84 Å². The summed E-state index contributed by atoms with van der Waals surface area (Å²) in [4.78, 5) is 11.9. The Morgan fingerprint density at radius 2 is 1.86 bits per heavy atom. The summed E-state index contributed by atoms with van der Waals surface area (Å²) in [6, 6.07) is 8.16. The zero-order valence-electron chi connectivity index (χ0n) is 11.1. The highest BCUT2D eigenvalue weighted by Gasteiger charge is 2.14. The van der Waals surface area contributed by atoms with Crippen molar-refractivity contribution >= 4 is 11.9 Å². The van der Waals surface area contributed by atoms with Crippen LogP contribution in [-0.2, 0) is 0 Å². The van der Waals surface area contributed by atoms with E-state index < -0.39 is 28.7 Å². The molecule has 0 aliphatic carbocycles. The Bertz CT molecular complexity index is 691. The molecule has 2 rings (SSSR count). The van der Waals surface area contributed by atoms with Crippen LogP contribution >= 0.6 is 0 Å². The van der Waals surface area contributed by atoms with Crippen LogP contribution in [0.3, 0.4) is 0 Å². The van der Waals surface area contributed by atoms with Crippen LogP contribution in [0.2, 0.25) is 0 Å². The highest BCUT2D eigenvalue weighted by atomic mass is 19.1. The normalized spacial score (nSPS) is 10.8. The number of benzene rings is 2. The molecule has 0 unspecified atom stereocenters. The summed E-state index contributed by atoms with van der Waals surface area (Å²) in [5, 5.41) is 9.44. The number of aromatic hydroxyl groups is 1. The molecule has 2 aromatic carbocycles. The minimum absolute atomic E-state index is 0.419. The van der Waals surface area contributed by atoms with E-state index >= 15 is 0 Å². The first-order valence-corrected chi connectivity index (χ1v) is 6.05. The van der Waals surface area contributed by atoms with E-state index in [4.69, 9.17) is 4.74 Å². The summed E-state index contributed by atoms with van der Waals surface area (Å²) in [6.07, 6.45) is 2.61. The Morgan fingerprint density at radius 1 is 1.19 bits per heavy atom. The highest BCUT2D eigenvalue weighted by molar-refractivity contribution is 6.08. The third-order valence-corrected chi connectivity index (χ3v) is 2.84. The van der Waals surface area contributed by atoms with Gasteiger partial charge in [-0.05, 0) is 29.8 Å². The number of halogens is 2. The monoisotopic (exact) mass is 290 g/mol. The summed E-state index contributed by atoms with van der Waals surface area (Å²) < 4.78 is 31.2.